The zero-order valence-electron chi connectivity index (χ0n) is 11.1. The van der Waals surface area contributed by atoms with Gasteiger partial charge in [-0.15, -0.1) is 0 Å². The number of carbonyl (C=O) groups excluding carboxylic acids is 2. The van der Waals surface area contributed by atoms with Crippen molar-refractivity contribution in [1.82, 2.24) is 0 Å². The first-order valence-electron chi connectivity index (χ1n) is 6.02. The molecule has 0 bridgehead atoms. The number of thioether (sulfide) groups is 2. The van der Waals surface area contributed by atoms with Gasteiger partial charge in [-0.2, -0.15) is 0 Å². The number of esters is 1. The monoisotopic (exact) mass is 307 g/mol. The van der Waals surface area contributed by atoms with Gasteiger partial charge in [0.15, 0.2) is 0 Å². The van der Waals surface area contributed by atoms with Crippen molar-refractivity contribution in [2.75, 3.05) is 5.75 Å². The maximum Gasteiger partial charge on any atom is 0.308 e. The molecule has 0 aromatic heterocycles. The van der Waals surface area contributed by atoms with Crippen LogP contribution in [0.5, 0.6) is 5.75 Å². The molecule has 0 fully saturated rings. The van der Waals surface area contributed by atoms with Gasteiger partial charge in [-0.25, -0.2) is 4.99 Å². The van der Waals surface area contributed by atoms with Crippen LogP contribution in [-0.2, 0) is 9.59 Å². The van der Waals surface area contributed by atoms with Crippen LogP contribution in [0, 0.1) is 0 Å². The molecule has 0 saturated heterocycles. The van der Waals surface area contributed by atoms with Crippen molar-refractivity contribution in [3.63, 3.8) is 0 Å². The Kier molecular flexibility index (Phi) is 5.03. The zero-order chi connectivity index (χ0) is 14.5. The van der Waals surface area contributed by atoms with Crippen molar-refractivity contribution in [1.29, 1.82) is 0 Å². The van der Waals surface area contributed by atoms with Crippen LogP contribution in [0.3, 0.4) is 0 Å². The molecule has 6 heteroatoms. The fourth-order valence-corrected chi connectivity index (χ4v) is 3.30. The Morgan fingerprint density at radius 2 is 2.30 bits per heavy atom. The number of aliphatic imine (C=N–C) groups is 1. The van der Waals surface area contributed by atoms with Gasteiger partial charge in [0.05, 0.1) is 0 Å². The number of benzene rings is 1. The SMILES string of the molecule is CCSC1=N/C(=C\c2cccc(OC(C)=O)c2)C(=O)S1. The summed E-state index contributed by atoms with van der Waals surface area (Å²) < 4.78 is 5.79. The second-order valence-electron chi connectivity index (χ2n) is 3.90. The Labute approximate surface area is 125 Å². The fourth-order valence-electron chi connectivity index (χ4n) is 1.57. The van der Waals surface area contributed by atoms with Gasteiger partial charge in [0.25, 0.3) is 0 Å². The van der Waals surface area contributed by atoms with Crippen LogP contribution in [0.25, 0.3) is 6.08 Å². The standard InChI is InChI=1S/C14H13NO3S2/c1-3-19-14-15-12(13(17)20-14)8-10-5-4-6-11(7-10)18-9(2)16/h4-8H,3H2,1-2H3/b12-8-. The van der Waals surface area contributed by atoms with Crippen LogP contribution >= 0.6 is 23.5 Å². The number of nitrogens with zero attached hydrogens (tertiary/aromatic N) is 1. The first-order valence-corrected chi connectivity index (χ1v) is 7.82. The van der Waals surface area contributed by atoms with E-state index >= 15 is 0 Å². The van der Waals surface area contributed by atoms with Crippen molar-refractivity contribution < 1.29 is 14.3 Å². The summed E-state index contributed by atoms with van der Waals surface area (Å²) in [5, 5.41) is -0.0566. The third kappa shape index (κ3) is 3.98. The summed E-state index contributed by atoms with van der Waals surface area (Å²) in [5.74, 6) is 0.966. The molecule has 0 radical (unpaired) electrons. The van der Waals surface area contributed by atoms with Crippen LogP contribution in [0.4, 0.5) is 0 Å². The first-order chi connectivity index (χ1) is 9.58. The molecule has 4 nitrogen and oxygen atoms in total. The molecule has 20 heavy (non-hydrogen) atoms. The Morgan fingerprint density at radius 3 is 3.00 bits per heavy atom. The van der Waals surface area contributed by atoms with Crippen LogP contribution in [0.1, 0.15) is 19.4 Å². The minimum Gasteiger partial charge on any atom is -0.427 e. The van der Waals surface area contributed by atoms with E-state index in [1.807, 2.05) is 13.0 Å². The zero-order valence-corrected chi connectivity index (χ0v) is 12.7. The first kappa shape index (κ1) is 14.9. The normalized spacial score (nSPS) is 16.4. The van der Waals surface area contributed by atoms with E-state index in [0.29, 0.717) is 11.4 Å². The second kappa shape index (κ2) is 6.76. The van der Waals surface area contributed by atoms with Gasteiger partial charge in [-0.05, 0) is 41.3 Å². The topological polar surface area (TPSA) is 55.7 Å². The summed E-state index contributed by atoms with van der Waals surface area (Å²) in [6.45, 7) is 3.36. The van der Waals surface area contributed by atoms with Gasteiger partial charge in [-0.3, -0.25) is 9.59 Å². The van der Waals surface area contributed by atoms with Gasteiger partial charge in [0, 0.05) is 6.92 Å². The van der Waals surface area contributed by atoms with Gasteiger partial charge >= 0.3 is 5.97 Å². The lowest BCUT2D eigenvalue weighted by Crippen LogP contribution is -2.01. The van der Waals surface area contributed by atoms with E-state index in [9.17, 15) is 9.59 Å². The van der Waals surface area contributed by atoms with E-state index < -0.39 is 0 Å². The summed E-state index contributed by atoms with van der Waals surface area (Å²) in [6, 6.07) is 6.99. The summed E-state index contributed by atoms with van der Waals surface area (Å²) >= 11 is 2.70. The molecule has 1 aromatic carbocycles. The molecule has 0 N–H and O–H groups in total. The van der Waals surface area contributed by atoms with Crippen LogP contribution in [-0.4, -0.2) is 21.2 Å². The van der Waals surface area contributed by atoms with Crippen molar-refractivity contribution in [3.8, 4) is 5.75 Å². The molecule has 0 amide bonds. The lowest BCUT2D eigenvalue weighted by molar-refractivity contribution is -0.131. The molecule has 0 saturated carbocycles. The molecule has 0 aliphatic carbocycles. The van der Waals surface area contributed by atoms with Crippen LogP contribution in [0.2, 0.25) is 0 Å². The highest BCUT2D eigenvalue weighted by Crippen LogP contribution is 2.31. The number of carbonyl (C=O) groups is 2. The average Bonchev–Trinajstić information content (AvgIpc) is 2.70. The van der Waals surface area contributed by atoms with Gasteiger partial charge in [0.2, 0.25) is 5.12 Å². The minimum absolute atomic E-state index is 0.0566. The van der Waals surface area contributed by atoms with E-state index in [-0.39, 0.29) is 11.1 Å². The van der Waals surface area contributed by atoms with Gasteiger partial charge < -0.3 is 4.74 Å². The number of hydrogen-bond donors (Lipinski definition) is 0. The molecule has 0 unspecified atom stereocenters. The molecule has 1 aliphatic heterocycles. The third-order valence-corrected chi connectivity index (χ3v) is 4.18. The van der Waals surface area contributed by atoms with Crippen LogP contribution < -0.4 is 4.74 Å². The molecule has 1 heterocycles. The number of hydrogen-bond acceptors (Lipinski definition) is 6. The Hall–Kier alpha value is -1.53. The largest absolute Gasteiger partial charge is 0.427 e. The average molecular weight is 307 g/mol. The molecule has 1 aromatic rings. The highest BCUT2D eigenvalue weighted by molar-refractivity contribution is 8.45. The van der Waals surface area contributed by atoms with E-state index in [1.54, 1.807) is 36.0 Å². The van der Waals surface area contributed by atoms with E-state index in [1.165, 1.54) is 6.92 Å². The van der Waals surface area contributed by atoms with Crippen molar-refractivity contribution >= 4 is 45.1 Å². The summed E-state index contributed by atoms with van der Waals surface area (Å²) in [6.07, 6.45) is 1.70. The van der Waals surface area contributed by atoms with Crippen LogP contribution in [0.15, 0.2) is 35.0 Å². The van der Waals surface area contributed by atoms with Crippen molar-refractivity contribution in [2.24, 2.45) is 4.99 Å². The third-order valence-electron chi connectivity index (χ3n) is 2.29. The summed E-state index contributed by atoms with van der Waals surface area (Å²) in [7, 11) is 0. The number of ether oxygens (including phenoxy) is 1. The maximum atomic E-state index is 11.8. The fraction of sp³-hybridized carbons (Fsp3) is 0.214. The molecule has 0 atom stereocenters. The van der Waals surface area contributed by atoms with Crippen molar-refractivity contribution in [3.05, 3.63) is 35.5 Å². The van der Waals surface area contributed by atoms with E-state index in [0.717, 1.165) is 27.5 Å². The summed E-state index contributed by atoms with van der Waals surface area (Å²) in [5.41, 5.74) is 1.20. The predicted octanol–water partition coefficient (Wildman–Crippen LogP) is 3.34. The van der Waals surface area contributed by atoms with E-state index in [2.05, 4.69) is 4.99 Å². The molecule has 0 spiro atoms. The maximum absolute atomic E-state index is 11.8. The lowest BCUT2D eigenvalue weighted by Gasteiger charge is -2.01. The molecule has 1 aliphatic rings. The second-order valence-corrected chi connectivity index (χ2v) is 6.37. The highest BCUT2D eigenvalue weighted by Gasteiger charge is 2.21. The quantitative estimate of drug-likeness (QED) is 0.487. The number of rotatable bonds is 3. The molecular weight excluding hydrogens is 294 g/mol. The lowest BCUT2D eigenvalue weighted by atomic mass is 10.2. The Bertz CT molecular complexity index is 608. The Balaban J connectivity index is 2.22. The summed E-state index contributed by atoms with van der Waals surface area (Å²) in [4.78, 5) is 27.0. The van der Waals surface area contributed by atoms with Crippen molar-refractivity contribution in [2.45, 2.75) is 13.8 Å². The molecular formula is C14H13NO3S2. The van der Waals surface area contributed by atoms with E-state index in [4.69, 9.17) is 4.74 Å². The van der Waals surface area contributed by atoms with Gasteiger partial charge in [0.1, 0.15) is 15.8 Å². The minimum atomic E-state index is -0.373. The predicted molar refractivity (Wildman–Crippen MR) is 83.9 cm³/mol. The molecule has 2 rings (SSSR count). The Morgan fingerprint density at radius 1 is 1.50 bits per heavy atom. The molecule has 104 valence electrons. The van der Waals surface area contributed by atoms with Gasteiger partial charge in [-0.1, -0.05) is 30.8 Å². The highest BCUT2D eigenvalue weighted by atomic mass is 32.2. The smallest absolute Gasteiger partial charge is 0.308 e.